The van der Waals surface area contributed by atoms with Gasteiger partial charge in [0.25, 0.3) is 11.8 Å². The Balaban J connectivity index is 1.35. The van der Waals surface area contributed by atoms with Crippen LogP contribution in [0.1, 0.15) is 69.8 Å². The molecule has 2 aromatic rings. The second-order valence-electron chi connectivity index (χ2n) is 7.08. The summed E-state index contributed by atoms with van der Waals surface area (Å²) in [5, 5.41) is 0. The van der Waals surface area contributed by atoms with Crippen LogP contribution in [0, 0.1) is 13.8 Å². The van der Waals surface area contributed by atoms with Crippen molar-refractivity contribution in [3.8, 4) is 0 Å². The van der Waals surface area contributed by atoms with E-state index in [0.717, 1.165) is 43.5 Å². The summed E-state index contributed by atoms with van der Waals surface area (Å²) in [4.78, 5) is 30.4. The molecule has 0 aliphatic carbocycles. The lowest BCUT2D eigenvalue weighted by Gasteiger charge is -2.13. The van der Waals surface area contributed by atoms with Gasteiger partial charge in [0, 0.05) is 17.9 Å². The summed E-state index contributed by atoms with van der Waals surface area (Å²) in [6, 6.07) is 11.4. The average Bonchev–Trinajstić information content (AvgIpc) is 2.85. The summed E-state index contributed by atoms with van der Waals surface area (Å²) in [6.07, 6.45) is 6.47. The fraction of sp³-hybridized carbons (Fsp3) is 0.409. The van der Waals surface area contributed by atoms with Gasteiger partial charge in [-0.25, -0.2) is 0 Å². The number of unbranched alkanes of at least 4 members (excludes halogenated alkanes) is 4. The normalized spacial score (nSPS) is 13.4. The third-order valence-corrected chi connectivity index (χ3v) is 4.87. The smallest absolute Gasteiger partial charge is 0.261 e. The second-order valence-corrected chi connectivity index (χ2v) is 7.08. The first-order valence-electron chi connectivity index (χ1n) is 9.45. The van der Waals surface area contributed by atoms with Crippen LogP contribution in [0.25, 0.3) is 0 Å². The quantitative estimate of drug-likeness (QED) is 0.521. The number of benzene rings is 1. The first kappa shape index (κ1) is 18.3. The van der Waals surface area contributed by atoms with E-state index in [1.165, 1.54) is 16.9 Å². The molecule has 0 radical (unpaired) electrons. The number of nitrogens with zero attached hydrogens (tertiary/aromatic N) is 2. The molecule has 2 amide bonds. The van der Waals surface area contributed by atoms with Gasteiger partial charge in [0.1, 0.15) is 0 Å². The predicted octanol–water partition coefficient (Wildman–Crippen LogP) is 4.49. The average molecular weight is 350 g/mol. The van der Waals surface area contributed by atoms with Crippen LogP contribution in [0.4, 0.5) is 0 Å². The number of fused-ring (bicyclic) bond motifs is 1. The molecule has 0 saturated heterocycles. The van der Waals surface area contributed by atoms with E-state index in [1.807, 2.05) is 13.8 Å². The largest absolute Gasteiger partial charge is 0.274 e. The van der Waals surface area contributed by atoms with Crippen molar-refractivity contribution in [1.82, 2.24) is 9.88 Å². The van der Waals surface area contributed by atoms with Crippen molar-refractivity contribution < 1.29 is 9.59 Å². The van der Waals surface area contributed by atoms with Gasteiger partial charge >= 0.3 is 0 Å². The number of carbonyl (C=O) groups excluding carboxylic acids is 2. The SMILES string of the molecule is Cc1cc(CCCCCCCN2C(=O)c3ccccc3C2=O)cc(C)n1. The number of aryl methyl sites for hydroxylation is 3. The molecule has 1 aliphatic heterocycles. The number of pyridine rings is 1. The fourth-order valence-electron chi connectivity index (χ4n) is 3.64. The Morgan fingerprint density at radius 2 is 1.35 bits per heavy atom. The molecule has 1 aliphatic rings. The highest BCUT2D eigenvalue weighted by Gasteiger charge is 2.34. The molecule has 0 spiro atoms. The van der Waals surface area contributed by atoms with Gasteiger partial charge in [0.05, 0.1) is 11.1 Å². The van der Waals surface area contributed by atoms with E-state index in [1.54, 1.807) is 24.3 Å². The summed E-state index contributed by atoms with van der Waals surface area (Å²) in [7, 11) is 0. The number of rotatable bonds is 8. The number of hydrogen-bond donors (Lipinski definition) is 0. The Bertz CT molecular complexity index is 758. The molecule has 0 atom stereocenters. The molecule has 0 bridgehead atoms. The van der Waals surface area contributed by atoms with E-state index in [-0.39, 0.29) is 11.8 Å². The Labute approximate surface area is 155 Å². The van der Waals surface area contributed by atoms with Crippen LogP contribution in [-0.4, -0.2) is 28.2 Å². The van der Waals surface area contributed by atoms with E-state index in [0.29, 0.717) is 17.7 Å². The van der Waals surface area contributed by atoms with Crippen molar-refractivity contribution in [2.75, 3.05) is 6.54 Å². The molecule has 1 aromatic carbocycles. The van der Waals surface area contributed by atoms with Gasteiger partial charge < -0.3 is 0 Å². The van der Waals surface area contributed by atoms with Crippen molar-refractivity contribution in [2.24, 2.45) is 0 Å². The predicted molar refractivity (Wildman–Crippen MR) is 102 cm³/mol. The maximum Gasteiger partial charge on any atom is 0.261 e. The third-order valence-electron chi connectivity index (χ3n) is 4.87. The van der Waals surface area contributed by atoms with E-state index >= 15 is 0 Å². The first-order valence-corrected chi connectivity index (χ1v) is 9.45. The first-order chi connectivity index (χ1) is 12.6. The molecule has 0 fully saturated rings. The lowest BCUT2D eigenvalue weighted by atomic mass is 10.0. The molecule has 3 rings (SSSR count). The number of amides is 2. The van der Waals surface area contributed by atoms with Gasteiger partial charge in [-0.15, -0.1) is 0 Å². The molecule has 2 heterocycles. The highest BCUT2D eigenvalue weighted by atomic mass is 16.2. The Morgan fingerprint density at radius 1 is 0.808 bits per heavy atom. The summed E-state index contributed by atoms with van der Waals surface area (Å²) in [5.41, 5.74) is 4.61. The van der Waals surface area contributed by atoms with E-state index in [4.69, 9.17) is 0 Å². The van der Waals surface area contributed by atoms with Crippen LogP contribution in [-0.2, 0) is 6.42 Å². The topological polar surface area (TPSA) is 50.3 Å². The molecule has 0 unspecified atom stereocenters. The summed E-state index contributed by atoms with van der Waals surface area (Å²) >= 11 is 0. The lowest BCUT2D eigenvalue weighted by molar-refractivity contribution is 0.0651. The summed E-state index contributed by atoms with van der Waals surface area (Å²) < 4.78 is 0. The second kappa shape index (κ2) is 8.26. The van der Waals surface area contributed by atoms with Gasteiger partial charge in [-0.05, 0) is 62.9 Å². The number of hydrogen-bond acceptors (Lipinski definition) is 3. The molecular weight excluding hydrogens is 324 g/mol. The summed E-state index contributed by atoms with van der Waals surface area (Å²) in [5.74, 6) is -0.289. The molecule has 1 aromatic heterocycles. The maximum absolute atomic E-state index is 12.3. The van der Waals surface area contributed by atoms with Crippen molar-refractivity contribution >= 4 is 11.8 Å². The minimum atomic E-state index is -0.144. The van der Waals surface area contributed by atoms with Crippen molar-refractivity contribution in [2.45, 2.75) is 52.4 Å². The van der Waals surface area contributed by atoms with Crippen LogP contribution >= 0.6 is 0 Å². The molecular formula is C22H26N2O2. The zero-order valence-electron chi connectivity index (χ0n) is 15.6. The fourth-order valence-corrected chi connectivity index (χ4v) is 3.64. The van der Waals surface area contributed by atoms with Crippen LogP contribution in [0.15, 0.2) is 36.4 Å². The number of carbonyl (C=O) groups is 2. The standard InChI is InChI=1S/C22H26N2O2/c1-16-14-18(15-17(2)23-16)10-6-4-3-5-9-13-24-21(25)19-11-7-8-12-20(19)22(24)26/h7-8,11-12,14-15H,3-6,9-10,13H2,1-2H3. The van der Waals surface area contributed by atoms with Gasteiger partial charge in [0.2, 0.25) is 0 Å². The van der Waals surface area contributed by atoms with Gasteiger partial charge in [-0.2, -0.15) is 0 Å². The van der Waals surface area contributed by atoms with Crippen molar-refractivity contribution in [3.63, 3.8) is 0 Å². The van der Waals surface area contributed by atoms with E-state index in [9.17, 15) is 9.59 Å². The molecule has 4 nitrogen and oxygen atoms in total. The number of imide groups is 1. The Hall–Kier alpha value is -2.49. The zero-order chi connectivity index (χ0) is 18.5. The number of aromatic nitrogens is 1. The Morgan fingerprint density at radius 3 is 1.96 bits per heavy atom. The molecule has 26 heavy (non-hydrogen) atoms. The highest BCUT2D eigenvalue weighted by molar-refractivity contribution is 6.21. The van der Waals surface area contributed by atoms with Crippen molar-refractivity contribution in [1.29, 1.82) is 0 Å². The summed E-state index contributed by atoms with van der Waals surface area (Å²) in [6.45, 7) is 4.60. The zero-order valence-corrected chi connectivity index (χ0v) is 15.6. The molecule has 136 valence electrons. The van der Waals surface area contributed by atoms with Gasteiger partial charge in [-0.3, -0.25) is 19.5 Å². The lowest BCUT2D eigenvalue weighted by Crippen LogP contribution is -2.30. The van der Waals surface area contributed by atoms with Crippen LogP contribution < -0.4 is 0 Å². The minimum Gasteiger partial charge on any atom is -0.274 e. The molecule has 4 heteroatoms. The Kier molecular flexibility index (Phi) is 5.82. The maximum atomic E-state index is 12.3. The van der Waals surface area contributed by atoms with Crippen molar-refractivity contribution in [3.05, 3.63) is 64.5 Å². The van der Waals surface area contributed by atoms with Gasteiger partial charge in [-0.1, -0.05) is 31.4 Å². The van der Waals surface area contributed by atoms with Crippen LogP contribution in [0.2, 0.25) is 0 Å². The molecule has 0 N–H and O–H groups in total. The third kappa shape index (κ3) is 4.18. The highest BCUT2D eigenvalue weighted by Crippen LogP contribution is 2.23. The van der Waals surface area contributed by atoms with Crippen LogP contribution in [0.3, 0.4) is 0 Å². The monoisotopic (exact) mass is 350 g/mol. The van der Waals surface area contributed by atoms with Crippen LogP contribution in [0.5, 0.6) is 0 Å². The molecule has 0 saturated carbocycles. The van der Waals surface area contributed by atoms with Gasteiger partial charge in [0.15, 0.2) is 0 Å². The van der Waals surface area contributed by atoms with E-state index < -0.39 is 0 Å². The van der Waals surface area contributed by atoms with E-state index in [2.05, 4.69) is 17.1 Å². The minimum absolute atomic E-state index is 0.144.